The first-order valence-electron chi connectivity index (χ1n) is 10.9. The Bertz CT molecular complexity index is 1370. The molecule has 1 saturated heterocycles. The summed E-state index contributed by atoms with van der Waals surface area (Å²) in [5.74, 6) is -0.164. The van der Waals surface area contributed by atoms with Crippen molar-refractivity contribution in [2.45, 2.75) is 25.5 Å². The molecule has 0 radical (unpaired) electrons. The van der Waals surface area contributed by atoms with E-state index < -0.39 is 0 Å². The highest BCUT2D eigenvalue weighted by Crippen LogP contribution is 2.36. The highest BCUT2D eigenvalue weighted by Gasteiger charge is 2.24. The van der Waals surface area contributed by atoms with Crippen molar-refractivity contribution in [2.75, 3.05) is 20.7 Å². The molecule has 1 atom stereocenters. The van der Waals surface area contributed by atoms with Gasteiger partial charge in [0.1, 0.15) is 0 Å². The summed E-state index contributed by atoms with van der Waals surface area (Å²) in [4.78, 5) is 24.7. The Morgan fingerprint density at radius 2 is 2.09 bits per heavy atom. The maximum atomic E-state index is 13.9. The normalized spacial score (nSPS) is 16.6. The van der Waals surface area contributed by atoms with Crippen LogP contribution in [-0.2, 0) is 4.74 Å². The van der Waals surface area contributed by atoms with Crippen molar-refractivity contribution in [3.8, 4) is 0 Å². The molecule has 1 aliphatic rings. The Labute approximate surface area is 196 Å². The van der Waals surface area contributed by atoms with E-state index in [4.69, 9.17) is 16.3 Å². The molecule has 2 aromatic carbocycles. The van der Waals surface area contributed by atoms with Gasteiger partial charge in [0.15, 0.2) is 12.0 Å². The number of halogens is 1. The average Bonchev–Trinajstić information content (AvgIpc) is 3.28. The van der Waals surface area contributed by atoms with Crippen LogP contribution in [0.3, 0.4) is 0 Å². The van der Waals surface area contributed by atoms with E-state index in [2.05, 4.69) is 15.1 Å². The van der Waals surface area contributed by atoms with E-state index in [1.54, 1.807) is 24.8 Å². The minimum absolute atomic E-state index is 0.108. The Kier molecular flexibility index (Phi) is 5.83. The van der Waals surface area contributed by atoms with Gasteiger partial charge in [0.2, 0.25) is 0 Å². The van der Waals surface area contributed by atoms with Crippen LogP contribution in [0.4, 0.5) is 5.69 Å². The van der Waals surface area contributed by atoms with Gasteiger partial charge in [-0.3, -0.25) is 9.78 Å². The summed E-state index contributed by atoms with van der Waals surface area (Å²) in [7, 11) is 3.76. The molecule has 1 unspecified atom stereocenters. The zero-order chi connectivity index (χ0) is 22.9. The topological polar surface area (TPSA) is 72.6 Å². The molecule has 4 aromatic rings. The molecule has 0 saturated carbocycles. The Hall–Kier alpha value is -3.29. The van der Waals surface area contributed by atoms with Crippen LogP contribution < -0.4 is 0 Å². The highest BCUT2D eigenvalue weighted by molar-refractivity contribution is 6.37. The summed E-state index contributed by atoms with van der Waals surface area (Å²) in [6.07, 6.45) is 8.06. The molecule has 0 aliphatic carbocycles. The fourth-order valence-corrected chi connectivity index (χ4v) is 4.50. The first-order valence-corrected chi connectivity index (χ1v) is 11.3. The fourth-order valence-electron chi connectivity index (χ4n) is 4.24. The molecule has 168 valence electrons. The number of ether oxygens (including phenoxy) is 1. The molecule has 0 amide bonds. The minimum atomic E-state index is -0.164. The van der Waals surface area contributed by atoms with E-state index >= 15 is 0 Å². The smallest absolute Gasteiger partial charge is 0.196 e. The number of aliphatic imine (C=N–C) groups is 1. The Morgan fingerprint density at radius 1 is 1.21 bits per heavy atom. The number of pyridine rings is 1. The van der Waals surface area contributed by atoms with Crippen molar-refractivity contribution in [3.05, 3.63) is 64.9 Å². The molecule has 0 spiro atoms. The van der Waals surface area contributed by atoms with Crippen LogP contribution in [0.5, 0.6) is 0 Å². The quantitative estimate of drug-likeness (QED) is 0.226. The molecular weight excluding hydrogens is 438 g/mol. The predicted molar refractivity (Wildman–Crippen MR) is 131 cm³/mol. The van der Waals surface area contributed by atoms with Crippen LogP contribution in [0, 0.1) is 0 Å². The molecule has 3 heterocycles. The zero-order valence-electron chi connectivity index (χ0n) is 18.5. The van der Waals surface area contributed by atoms with Crippen LogP contribution in [-0.4, -0.2) is 52.5 Å². The van der Waals surface area contributed by atoms with Crippen LogP contribution in [0.2, 0.25) is 5.02 Å². The van der Waals surface area contributed by atoms with Crippen LogP contribution in [0.1, 0.15) is 41.4 Å². The third kappa shape index (κ3) is 3.98. The van der Waals surface area contributed by atoms with Gasteiger partial charge in [-0.2, -0.15) is 5.10 Å². The fraction of sp³-hybridized carbons (Fsp3) is 0.280. The summed E-state index contributed by atoms with van der Waals surface area (Å²) in [5.41, 5.74) is 3.01. The molecule has 7 nitrogen and oxygen atoms in total. The summed E-state index contributed by atoms with van der Waals surface area (Å²) in [6, 6.07) is 11.0. The van der Waals surface area contributed by atoms with Crippen molar-refractivity contribution in [1.82, 2.24) is 19.7 Å². The monoisotopic (exact) mass is 461 g/mol. The van der Waals surface area contributed by atoms with Crippen molar-refractivity contribution in [1.29, 1.82) is 0 Å². The molecule has 2 aromatic heterocycles. The average molecular weight is 462 g/mol. The standard InChI is InChI=1S/C25H24ClN5O2/c1-30(2)15-28-23-17-8-6-11-27-24(17)20(26)13-18(23)25(32)16-7-5-9-21-19(16)14-29-31(21)22-10-3-4-12-33-22/h5-9,11,13-15,22H,3-4,10,12H2,1-2H3. The van der Waals surface area contributed by atoms with Gasteiger partial charge in [0.25, 0.3) is 0 Å². The molecule has 1 aliphatic heterocycles. The second-order valence-corrected chi connectivity index (χ2v) is 8.75. The van der Waals surface area contributed by atoms with Gasteiger partial charge in [-0.15, -0.1) is 0 Å². The largest absolute Gasteiger partial charge is 0.369 e. The number of carbonyl (C=O) groups is 1. The minimum Gasteiger partial charge on any atom is -0.369 e. The first-order chi connectivity index (χ1) is 16.0. The van der Waals surface area contributed by atoms with E-state index in [1.807, 2.05) is 54.0 Å². The van der Waals surface area contributed by atoms with Gasteiger partial charge in [0.05, 0.1) is 39.8 Å². The molecule has 0 N–H and O–H groups in total. The number of nitrogens with zero attached hydrogens (tertiary/aromatic N) is 5. The zero-order valence-corrected chi connectivity index (χ0v) is 19.3. The lowest BCUT2D eigenvalue weighted by atomic mass is 9.97. The SMILES string of the molecule is CN(C)C=Nc1c(C(=O)c2cccc3c2cnn3C2CCCCO2)cc(Cl)c2ncccc12. The highest BCUT2D eigenvalue weighted by atomic mass is 35.5. The van der Waals surface area contributed by atoms with Gasteiger partial charge in [0, 0.05) is 43.2 Å². The number of hydrogen-bond donors (Lipinski definition) is 0. The number of hydrogen-bond acceptors (Lipinski definition) is 5. The second kappa shape index (κ2) is 8.92. The third-order valence-electron chi connectivity index (χ3n) is 5.79. The summed E-state index contributed by atoms with van der Waals surface area (Å²) < 4.78 is 7.80. The van der Waals surface area contributed by atoms with E-state index in [0.29, 0.717) is 27.4 Å². The van der Waals surface area contributed by atoms with Crippen molar-refractivity contribution in [3.63, 3.8) is 0 Å². The lowest BCUT2D eigenvalue weighted by molar-refractivity contribution is -0.0366. The number of aromatic nitrogens is 3. The van der Waals surface area contributed by atoms with E-state index in [-0.39, 0.29) is 12.0 Å². The Morgan fingerprint density at radius 3 is 2.88 bits per heavy atom. The van der Waals surface area contributed by atoms with Crippen LogP contribution in [0.15, 0.2) is 53.8 Å². The van der Waals surface area contributed by atoms with Gasteiger partial charge >= 0.3 is 0 Å². The number of rotatable bonds is 5. The van der Waals surface area contributed by atoms with Crippen LogP contribution >= 0.6 is 11.6 Å². The molecule has 5 rings (SSSR count). The summed E-state index contributed by atoms with van der Waals surface area (Å²) in [6.45, 7) is 0.724. The van der Waals surface area contributed by atoms with Gasteiger partial charge < -0.3 is 9.64 Å². The summed E-state index contributed by atoms with van der Waals surface area (Å²) >= 11 is 6.54. The molecule has 8 heteroatoms. The molecular formula is C25H24ClN5O2. The predicted octanol–water partition coefficient (Wildman–Crippen LogP) is 5.39. The number of carbonyl (C=O) groups excluding carboxylic acids is 1. The molecule has 0 bridgehead atoms. The van der Waals surface area contributed by atoms with E-state index in [0.717, 1.165) is 42.2 Å². The lowest BCUT2D eigenvalue weighted by Crippen LogP contribution is -2.19. The van der Waals surface area contributed by atoms with Crippen molar-refractivity contribution >= 4 is 51.2 Å². The third-order valence-corrected chi connectivity index (χ3v) is 6.08. The number of benzene rings is 2. The lowest BCUT2D eigenvalue weighted by Gasteiger charge is -2.23. The maximum absolute atomic E-state index is 13.9. The van der Waals surface area contributed by atoms with Gasteiger partial charge in [-0.05, 0) is 43.5 Å². The second-order valence-electron chi connectivity index (χ2n) is 8.34. The number of ketones is 1. The van der Waals surface area contributed by atoms with Crippen LogP contribution in [0.25, 0.3) is 21.8 Å². The first kappa shape index (κ1) is 21.6. The molecule has 1 fully saturated rings. The van der Waals surface area contributed by atoms with Gasteiger partial charge in [-0.25, -0.2) is 9.67 Å². The number of fused-ring (bicyclic) bond motifs is 2. The Balaban J connectivity index is 1.66. The van der Waals surface area contributed by atoms with Crippen molar-refractivity contribution < 1.29 is 9.53 Å². The molecule has 33 heavy (non-hydrogen) atoms. The van der Waals surface area contributed by atoms with E-state index in [1.165, 1.54) is 0 Å². The van der Waals surface area contributed by atoms with Crippen molar-refractivity contribution in [2.24, 2.45) is 4.99 Å². The van der Waals surface area contributed by atoms with E-state index in [9.17, 15) is 4.79 Å². The van der Waals surface area contributed by atoms with Gasteiger partial charge in [-0.1, -0.05) is 23.7 Å². The summed E-state index contributed by atoms with van der Waals surface area (Å²) in [5, 5.41) is 6.49. The maximum Gasteiger partial charge on any atom is 0.196 e.